The van der Waals surface area contributed by atoms with E-state index in [-0.39, 0.29) is 5.91 Å². The number of primary amides is 1. The molecule has 0 saturated carbocycles. The van der Waals surface area contributed by atoms with Gasteiger partial charge in [0.05, 0.1) is 0 Å². The smallest absolute Gasteiger partial charge is 0.218 e. The van der Waals surface area contributed by atoms with Gasteiger partial charge in [0, 0.05) is 19.0 Å². The molecule has 0 aromatic heterocycles. The molecule has 3 nitrogen and oxygen atoms in total. The number of nitrogens with two attached hydrogens (primary N) is 1. The van der Waals surface area contributed by atoms with Crippen molar-refractivity contribution in [3.8, 4) is 0 Å². The van der Waals surface area contributed by atoms with Crippen LogP contribution in [0.3, 0.4) is 0 Å². The molecule has 0 bridgehead atoms. The summed E-state index contributed by atoms with van der Waals surface area (Å²) in [6.45, 7) is 0.688. The first-order chi connectivity index (χ1) is 7.25. The van der Waals surface area contributed by atoms with Crippen molar-refractivity contribution >= 4 is 5.91 Å². The van der Waals surface area contributed by atoms with Crippen LogP contribution < -0.4 is 11.1 Å². The third-order valence-corrected chi connectivity index (χ3v) is 2.86. The fourth-order valence-corrected chi connectivity index (χ4v) is 2.10. The van der Waals surface area contributed by atoms with E-state index < -0.39 is 0 Å². The van der Waals surface area contributed by atoms with E-state index >= 15 is 0 Å². The number of carbonyl (C=O) groups is 1. The summed E-state index contributed by atoms with van der Waals surface area (Å²) in [5.74, 6) is -0.238. The zero-order valence-corrected chi connectivity index (χ0v) is 8.70. The quantitative estimate of drug-likeness (QED) is 0.755. The summed E-state index contributed by atoms with van der Waals surface area (Å²) in [6, 6.07) is 8.97. The molecule has 1 aromatic rings. The molecule has 0 unspecified atom stereocenters. The minimum absolute atomic E-state index is 0.238. The minimum Gasteiger partial charge on any atom is -0.370 e. The Hall–Kier alpha value is -1.35. The topological polar surface area (TPSA) is 55.1 Å². The highest BCUT2D eigenvalue weighted by molar-refractivity contribution is 5.73. The van der Waals surface area contributed by atoms with Crippen molar-refractivity contribution in [2.45, 2.75) is 25.3 Å². The van der Waals surface area contributed by atoms with E-state index in [0.29, 0.717) is 19.0 Å². The van der Waals surface area contributed by atoms with Crippen LogP contribution in [-0.4, -0.2) is 18.5 Å². The number of carbonyl (C=O) groups excluding carboxylic acids is 1. The molecule has 1 aromatic carbocycles. The number of rotatable bonds is 4. The van der Waals surface area contributed by atoms with Crippen LogP contribution in [0.25, 0.3) is 0 Å². The molecule has 0 radical (unpaired) electrons. The molecular weight excluding hydrogens is 188 g/mol. The zero-order chi connectivity index (χ0) is 10.7. The Morgan fingerprint density at radius 2 is 1.93 bits per heavy atom. The minimum atomic E-state index is -0.238. The highest BCUT2D eigenvalue weighted by atomic mass is 16.1. The first-order valence-electron chi connectivity index (χ1n) is 5.34. The third-order valence-electron chi connectivity index (χ3n) is 2.86. The van der Waals surface area contributed by atoms with Gasteiger partial charge in [-0.3, -0.25) is 4.79 Å². The Labute approximate surface area is 89.7 Å². The van der Waals surface area contributed by atoms with Gasteiger partial charge >= 0.3 is 0 Å². The van der Waals surface area contributed by atoms with E-state index in [1.807, 2.05) is 0 Å². The lowest BCUT2D eigenvalue weighted by molar-refractivity contribution is -0.117. The maximum absolute atomic E-state index is 10.6. The summed E-state index contributed by atoms with van der Waals surface area (Å²) >= 11 is 0. The van der Waals surface area contributed by atoms with E-state index in [0.717, 1.165) is 12.8 Å². The molecule has 1 aliphatic carbocycles. The summed E-state index contributed by atoms with van der Waals surface area (Å²) in [4.78, 5) is 10.6. The summed E-state index contributed by atoms with van der Waals surface area (Å²) in [7, 11) is 0. The van der Waals surface area contributed by atoms with Gasteiger partial charge in [-0.05, 0) is 24.0 Å². The van der Waals surface area contributed by atoms with Gasteiger partial charge in [0.1, 0.15) is 0 Å². The van der Waals surface area contributed by atoms with Crippen LogP contribution in [0.4, 0.5) is 0 Å². The highest BCUT2D eigenvalue weighted by Crippen LogP contribution is 2.21. The van der Waals surface area contributed by atoms with E-state index in [1.54, 1.807) is 0 Å². The predicted octanol–water partition coefficient (Wildman–Crippen LogP) is 0.619. The van der Waals surface area contributed by atoms with Crippen LogP contribution >= 0.6 is 0 Å². The molecule has 2 rings (SSSR count). The van der Waals surface area contributed by atoms with Crippen LogP contribution in [0.15, 0.2) is 24.3 Å². The molecule has 3 N–H and O–H groups in total. The molecule has 3 heteroatoms. The van der Waals surface area contributed by atoms with Crippen LogP contribution in [0.2, 0.25) is 0 Å². The molecule has 0 spiro atoms. The van der Waals surface area contributed by atoms with E-state index in [1.165, 1.54) is 11.1 Å². The lowest BCUT2D eigenvalue weighted by Crippen LogP contribution is -2.32. The van der Waals surface area contributed by atoms with Gasteiger partial charge in [-0.15, -0.1) is 0 Å². The summed E-state index contributed by atoms with van der Waals surface area (Å²) in [5, 5.41) is 3.36. The lowest BCUT2D eigenvalue weighted by Gasteiger charge is -2.10. The first kappa shape index (κ1) is 10.2. The maximum Gasteiger partial charge on any atom is 0.218 e. The van der Waals surface area contributed by atoms with Crippen molar-refractivity contribution in [1.82, 2.24) is 5.32 Å². The fraction of sp³-hybridized carbons (Fsp3) is 0.417. The first-order valence-corrected chi connectivity index (χ1v) is 5.34. The molecule has 0 fully saturated rings. The number of hydrogen-bond acceptors (Lipinski definition) is 2. The average Bonchev–Trinajstić information content (AvgIpc) is 2.59. The highest BCUT2D eigenvalue weighted by Gasteiger charge is 2.19. The number of nitrogens with one attached hydrogen (secondary N) is 1. The average molecular weight is 204 g/mol. The molecule has 1 aliphatic rings. The number of fused-ring (bicyclic) bond motifs is 1. The molecule has 0 heterocycles. The van der Waals surface area contributed by atoms with Crippen LogP contribution in [0.1, 0.15) is 17.5 Å². The van der Waals surface area contributed by atoms with Gasteiger partial charge < -0.3 is 11.1 Å². The van der Waals surface area contributed by atoms with E-state index in [4.69, 9.17) is 5.73 Å². The molecule has 80 valence electrons. The second-order valence-electron chi connectivity index (χ2n) is 4.04. The third kappa shape index (κ3) is 2.57. The monoisotopic (exact) mass is 204 g/mol. The SMILES string of the molecule is NC(=O)CCNC1Cc2ccccc2C1. The Bertz CT molecular complexity index is 337. The van der Waals surface area contributed by atoms with Crippen molar-refractivity contribution in [1.29, 1.82) is 0 Å². The van der Waals surface area contributed by atoms with Gasteiger partial charge in [0.15, 0.2) is 0 Å². The Kier molecular flexibility index (Phi) is 3.02. The van der Waals surface area contributed by atoms with Gasteiger partial charge in [-0.2, -0.15) is 0 Å². The number of amides is 1. The van der Waals surface area contributed by atoms with Gasteiger partial charge in [0.25, 0.3) is 0 Å². The lowest BCUT2D eigenvalue weighted by atomic mass is 10.1. The standard InChI is InChI=1S/C12H16N2O/c13-12(15)5-6-14-11-7-9-3-1-2-4-10(9)8-11/h1-4,11,14H,5-8H2,(H2,13,15). The van der Waals surface area contributed by atoms with Crippen LogP contribution in [-0.2, 0) is 17.6 Å². The van der Waals surface area contributed by atoms with Gasteiger partial charge in [-0.1, -0.05) is 24.3 Å². The second kappa shape index (κ2) is 4.45. The summed E-state index contributed by atoms with van der Waals surface area (Å²) in [6.07, 6.45) is 2.55. The number of hydrogen-bond donors (Lipinski definition) is 2. The van der Waals surface area contributed by atoms with E-state index in [9.17, 15) is 4.79 Å². The van der Waals surface area contributed by atoms with Crippen molar-refractivity contribution in [2.75, 3.05) is 6.54 Å². The van der Waals surface area contributed by atoms with Gasteiger partial charge in [-0.25, -0.2) is 0 Å². The largest absolute Gasteiger partial charge is 0.370 e. The second-order valence-corrected chi connectivity index (χ2v) is 4.04. The van der Waals surface area contributed by atoms with Crippen molar-refractivity contribution in [3.63, 3.8) is 0 Å². The fourth-order valence-electron chi connectivity index (χ4n) is 2.10. The Balaban J connectivity index is 1.83. The Morgan fingerprint density at radius 1 is 1.33 bits per heavy atom. The van der Waals surface area contributed by atoms with E-state index in [2.05, 4.69) is 29.6 Å². The predicted molar refractivity (Wildman–Crippen MR) is 59.5 cm³/mol. The molecule has 1 amide bonds. The summed E-state index contributed by atoms with van der Waals surface area (Å²) < 4.78 is 0. The molecular formula is C12H16N2O. The van der Waals surface area contributed by atoms with Crippen LogP contribution in [0, 0.1) is 0 Å². The van der Waals surface area contributed by atoms with Crippen molar-refractivity contribution in [3.05, 3.63) is 35.4 Å². The van der Waals surface area contributed by atoms with Crippen molar-refractivity contribution < 1.29 is 4.79 Å². The van der Waals surface area contributed by atoms with Crippen LogP contribution in [0.5, 0.6) is 0 Å². The maximum atomic E-state index is 10.6. The molecule has 0 saturated heterocycles. The normalized spacial score (nSPS) is 15.2. The molecule has 15 heavy (non-hydrogen) atoms. The van der Waals surface area contributed by atoms with Gasteiger partial charge in [0.2, 0.25) is 5.91 Å². The van der Waals surface area contributed by atoms with Crippen molar-refractivity contribution in [2.24, 2.45) is 5.73 Å². The zero-order valence-electron chi connectivity index (χ0n) is 8.70. The summed E-state index contributed by atoms with van der Waals surface area (Å²) in [5.41, 5.74) is 7.93. The molecule has 0 atom stereocenters. The molecule has 0 aliphatic heterocycles. The Morgan fingerprint density at radius 3 is 2.47 bits per heavy atom. The number of benzene rings is 1.